The largest absolute Gasteiger partial charge is 0.338 e. The van der Waals surface area contributed by atoms with Crippen molar-refractivity contribution < 1.29 is 9.59 Å². The van der Waals surface area contributed by atoms with Gasteiger partial charge < -0.3 is 10.2 Å². The molecule has 1 N–H and O–H groups in total. The number of hydrogen-bond acceptors (Lipinski definition) is 2. The highest BCUT2D eigenvalue weighted by atomic mass is 35.5. The Morgan fingerprint density at radius 2 is 1.92 bits per heavy atom. The molecule has 2 aromatic rings. The maximum atomic E-state index is 12.5. The van der Waals surface area contributed by atoms with E-state index >= 15 is 0 Å². The number of amides is 2. The van der Waals surface area contributed by atoms with E-state index in [9.17, 15) is 9.59 Å². The van der Waals surface area contributed by atoms with Gasteiger partial charge in [-0.1, -0.05) is 47.5 Å². The Hall–Kier alpha value is -2.33. The van der Waals surface area contributed by atoms with Gasteiger partial charge in [-0.3, -0.25) is 9.59 Å². The molecule has 0 aromatic heterocycles. The van der Waals surface area contributed by atoms with Crippen LogP contribution in [0.4, 0.5) is 5.69 Å². The van der Waals surface area contributed by atoms with Crippen LogP contribution in [-0.4, -0.2) is 23.3 Å². The number of aryl methyl sites for hydroxylation is 2. The van der Waals surface area contributed by atoms with Crippen LogP contribution in [0.2, 0.25) is 5.02 Å². The van der Waals surface area contributed by atoms with Gasteiger partial charge in [-0.15, -0.1) is 0 Å². The molecular formula is C20H21ClN2O2. The van der Waals surface area contributed by atoms with Gasteiger partial charge in [0.1, 0.15) is 0 Å². The second-order valence-corrected chi connectivity index (χ2v) is 7.02. The minimum absolute atomic E-state index is 0.0164. The van der Waals surface area contributed by atoms with Gasteiger partial charge in [0.2, 0.25) is 11.8 Å². The van der Waals surface area contributed by atoms with Gasteiger partial charge in [-0.2, -0.15) is 0 Å². The van der Waals surface area contributed by atoms with Gasteiger partial charge in [0, 0.05) is 30.2 Å². The Bertz CT molecular complexity index is 802. The highest BCUT2D eigenvalue weighted by Gasteiger charge is 2.34. The third-order valence-corrected chi connectivity index (χ3v) is 4.93. The van der Waals surface area contributed by atoms with Gasteiger partial charge in [0.25, 0.3) is 0 Å². The molecule has 1 atom stereocenters. The number of hydrogen-bond donors (Lipinski definition) is 1. The van der Waals surface area contributed by atoms with Crippen LogP contribution in [0.15, 0.2) is 42.5 Å². The molecule has 1 fully saturated rings. The molecule has 1 aliphatic heterocycles. The number of likely N-dealkylation sites (tertiary alicyclic amines) is 1. The highest BCUT2D eigenvalue weighted by Crippen LogP contribution is 2.24. The molecule has 1 heterocycles. The topological polar surface area (TPSA) is 49.4 Å². The lowest BCUT2D eigenvalue weighted by atomic mass is 10.1. The summed E-state index contributed by atoms with van der Waals surface area (Å²) in [6.07, 6.45) is 0.247. The minimum atomic E-state index is -0.335. The molecule has 0 spiro atoms. The summed E-state index contributed by atoms with van der Waals surface area (Å²) in [6, 6.07) is 13.5. The van der Waals surface area contributed by atoms with E-state index in [1.54, 1.807) is 11.0 Å². The quantitative estimate of drug-likeness (QED) is 0.901. The van der Waals surface area contributed by atoms with E-state index in [-0.39, 0.29) is 24.2 Å². The van der Waals surface area contributed by atoms with Crippen LogP contribution < -0.4 is 5.32 Å². The summed E-state index contributed by atoms with van der Waals surface area (Å²) in [5.41, 5.74) is 3.88. The Labute approximate surface area is 152 Å². The van der Waals surface area contributed by atoms with Crippen LogP contribution in [0.25, 0.3) is 0 Å². The second kappa shape index (κ2) is 7.28. The van der Waals surface area contributed by atoms with Crippen LogP contribution in [0.1, 0.15) is 23.1 Å². The minimum Gasteiger partial charge on any atom is -0.338 e. The zero-order chi connectivity index (χ0) is 18.0. The number of benzene rings is 2. The average Bonchev–Trinajstić information content (AvgIpc) is 2.94. The van der Waals surface area contributed by atoms with Gasteiger partial charge >= 0.3 is 0 Å². The zero-order valence-corrected chi connectivity index (χ0v) is 15.1. The van der Waals surface area contributed by atoms with Gasteiger partial charge in [0.05, 0.1) is 5.92 Å². The molecule has 0 aliphatic carbocycles. The fourth-order valence-corrected chi connectivity index (χ4v) is 3.11. The first kappa shape index (κ1) is 17.5. The van der Waals surface area contributed by atoms with Crippen LogP contribution in [-0.2, 0) is 16.1 Å². The van der Waals surface area contributed by atoms with Gasteiger partial charge in [-0.05, 0) is 37.1 Å². The lowest BCUT2D eigenvalue weighted by Crippen LogP contribution is -2.28. The van der Waals surface area contributed by atoms with Crippen LogP contribution >= 0.6 is 11.6 Å². The van der Waals surface area contributed by atoms with E-state index in [2.05, 4.69) is 5.32 Å². The number of carbonyl (C=O) groups excluding carboxylic acids is 2. The molecule has 130 valence electrons. The van der Waals surface area contributed by atoms with Gasteiger partial charge in [0.15, 0.2) is 0 Å². The number of nitrogens with zero attached hydrogens (tertiary/aromatic N) is 1. The normalized spacial score (nSPS) is 17.0. The van der Waals surface area contributed by atoms with Crippen molar-refractivity contribution in [1.29, 1.82) is 0 Å². The van der Waals surface area contributed by atoms with Crippen molar-refractivity contribution in [2.45, 2.75) is 26.8 Å². The lowest BCUT2D eigenvalue weighted by Gasteiger charge is -2.17. The predicted molar refractivity (Wildman–Crippen MR) is 99.5 cm³/mol. The van der Waals surface area contributed by atoms with E-state index in [4.69, 9.17) is 11.6 Å². The van der Waals surface area contributed by atoms with E-state index in [0.717, 1.165) is 11.1 Å². The molecule has 0 radical (unpaired) electrons. The van der Waals surface area contributed by atoms with Crippen molar-refractivity contribution in [3.05, 3.63) is 64.2 Å². The van der Waals surface area contributed by atoms with Crippen molar-refractivity contribution >= 4 is 29.1 Å². The summed E-state index contributed by atoms with van der Waals surface area (Å²) >= 11 is 6.09. The summed E-state index contributed by atoms with van der Waals surface area (Å²) in [6.45, 7) is 4.92. The average molecular weight is 357 g/mol. The number of rotatable bonds is 4. The molecule has 1 unspecified atom stereocenters. The second-order valence-electron chi connectivity index (χ2n) is 6.61. The van der Waals surface area contributed by atoms with Crippen molar-refractivity contribution in [3.63, 3.8) is 0 Å². The smallest absolute Gasteiger partial charge is 0.229 e. The molecule has 2 amide bonds. The Morgan fingerprint density at radius 3 is 2.60 bits per heavy atom. The molecule has 1 aliphatic rings. The third kappa shape index (κ3) is 4.20. The van der Waals surface area contributed by atoms with Crippen molar-refractivity contribution in [2.75, 3.05) is 11.9 Å². The number of anilines is 1. The van der Waals surface area contributed by atoms with Crippen molar-refractivity contribution in [2.24, 2.45) is 5.92 Å². The standard InChI is InChI=1S/C20H21ClN2O2/c1-13-3-6-15(7-4-13)11-23-12-16(9-19(23)24)20(25)22-17-8-5-14(2)18(21)10-17/h3-8,10,16H,9,11-12H2,1-2H3,(H,22,25). The molecule has 1 saturated heterocycles. The van der Waals surface area contributed by atoms with E-state index < -0.39 is 0 Å². The van der Waals surface area contributed by atoms with Crippen molar-refractivity contribution in [1.82, 2.24) is 4.90 Å². The SMILES string of the molecule is Cc1ccc(CN2CC(C(=O)Nc3ccc(C)c(Cl)c3)CC2=O)cc1. The number of nitrogens with one attached hydrogen (secondary N) is 1. The molecule has 25 heavy (non-hydrogen) atoms. The first-order valence-corrected chi connectivity index (χ1v) is 8.70. The molecule has 0 saturated carbocycles. The monoisotopic (exact) mass is 356 g/mol. The highest BCUT2D eigenvalue weighted by molar-refractivity contribution is 6.31. The zero-order valence-electron chi connectivity index (χ0n) is 14.4. The van der Waals surface area contributed by atoms with E-state index in [0.29, 0.717) is 23.8 Å². The maximum absolute atomic E-state index is 12.5. The Kier molecular flexibility index (Phi) is 5.09. The van der Waals surface area contributed by atoms with Crippen LogP contribution in [0, 0.1) is 19.8 Å². The third-order valence-electron chi connectivity index (χ3n) is 4.52. The molecule has 4 nitrogen and oxygen atoms in total. The summed E-state index contributed by atoms with van der Waals surface area (Å²) in [5, 5.41) is 3.47. The first-order chi connectivity index (χ1) is 11.9. The molecule has 5 heteroatoms. The number of halogens is 1. The van der Waals surface area contributed by atoms with E-state index in [1.165, 1.54) is 5.56 Å². The fraction of sp³-hybridized carbons (Fsp3) is 0.300. The lowest BCUT2D eigenvalue weighted by molar-refractivity contribution is -0.128. The van der Waals surface area contributed by atoms with Crippen LogP contribution in [0.3, 0.4) is 0 Å². The van der Waals surface area contributed by atoms with Gasteiger partial charge in [-0.25, -0.2) is 0 Å². The molecule has 3 rings (SSSR count). The van der Waals surface area contributed by atoms with E-state index in [1.807, 2.05) is 50.2 Å². The summed E-state index contributed by atoms with van der Waals surface area (Å²) < 4.78 is 0. The predicted octanol–water partition coefficient (Wildman–Crippen LogP) is 3.94. The fourth-order valence-electron chi connectivity index (χ4n) is 2.93. The summed E-state index contributed by atoms with van der Waals surface area (Å²) in [7, 11) is 0. The molecule has 0 bridgehead atoms. The Morgan fingerprint density at radius 1 is 1.20 bits per heavy atom. The molecule has 2 aromatic carbocycles. The first-order valence-electron chi connectivity index (χ1n) is 8.32. The Balaban J connectivity index is 1.62. The maximum Gasteiger partial charge on any atom is 0.229 e. The molecular weight excluding hydrogens is 336 g/mol. The summed E-state index contributed by atoms with van der Waals surface area (Å²) in [4.78, 5) is 26.4. The van der Waals surface area contributed by atoms with Crippen molar-refractivity contribution in [3.8, 4) is 0 Å². The summed E-state index contributed by atoms with van der Waals surface area (Å²) in [5.74, 6) is -0.458. The number of carbonyl (C=O) groups is 2. The van der Waals surface area contributed by atoms with Crippen LogP contribution in [0.5, 0.6) is 0 Å².